The topological polar surface area (TPSA) is 98.5 Å². The van der Waals surface area contributed by atoms with E-state index in [1.165, 1.54) is 18.0 Å². The van der Waals surface area contributed by atoms with Gasteiger partial charge in [0, 0.05) is 5.69 Å². The molecule has 1 N–H and O–H groups in total. The fourth-order valence-corrected chi connectivity index (χ4v) is 1.17. The Morgan fingerprint density at radius 3 is 2.38 bits per heavy atom. The number of carboxylic acid groups (broad SMARTS) is 1. The van der Waals surface area contributed by atoms with Crippen LogP contribution < -0.4 is 0 Å². The Kier molecular flexibility index (Phi) is 7.11. The van der Waals surface area contributed by atoms with Gasteiger partial charge in [-0.3, -0.25) is 14.4 Å². The van der Waals surface area contributed by atoms with Crippen molar-refractivity contribution >= 4 is 18.2 Å². The molecule has 1 aromatic heterocycles. The van der Waals surface area contributed by atoms with Crippen molar-refractivity contribution in [3.63, 3.8) is 0 Å². The van der Waals surface area contributed by atoms with Crippen LogP contribution in [0.2, 0.25) is 0 Å². The summed E-state index contributed by atoms with van der Waals surface area (Å²) in [6.07, 6.45) is -4.23. The molecule has 0 bridgehead atoms. The number of hydrogen-bond donors (Lipinski definition) is 1. The average Bonchev–Trinajstić information content (AvgIpc) is 2.70. The molecule has 0 aromatic carbocycles. The molecule has 0 unspecified atom stereocenters. The van der Waals surface area contributed by atoms with Gasteiger partial charge in [0.25, 0.3) is 0 Å². The smallest absolute Gasteiger partial charge is 0.446 e. The number of nitrogens with zero attached hydrogens (tertiary/aromatic N) is 2. The highest BCUT2D eigenvalue weighted by atomic mass is 19.4. The fourth-order valence-electron chi connectivity index (χ4n) is 1.17. The summed E-state index contributed by atoms with van der Waals surface area (Å²) in [7, 11) is 1.30. The highest BCUT2D eigenvalue weighted by Crippen LogP contribution is 2.08. The summed E-state index contributed by atoms with van der Waals surface area (Å²) >= 11 is 0. The molecule has 1 heterocycles. The highest BCUT2D eigenvalue weighted by Gasteiger charge is 2.24. The van der Waals surface area contributed by atoms with Crippen LogP contribution in [-0.2, 0) is 32.1 Å². The molecule has 0 radical (unpaired) electrons. The van der Waals surface area contributed by atoms with Crippen LogP contribution in [0.1, 0.15) is 11.4 Å². The molecule has 118 valence electrons. The van der Waals surface area contributed by atoms with Crippen molar-refractivity contribution in [3.05, 3.63) is 17.7 Å². The number of aliphatic carboxylic acids is 1. The third-order valence-corrected chi connectivity index (χ3v) is 2.18. The maximum Gasteiger partial charge on any atom is 0.446 e. The van der Waals surface area contributed by atoms with Crippen LogP contribution >= 0.6 is 0 Å². The third kappa shape index (κ3) is 7.70. The number of carbonyl (C=O) groups is 3. The summed E-state index contributed by atoms with van der Waals surface area (Å²) in [5, 5.41) is 8.59. The van der Waals surface area contributed by atoms with E-state index in [9.17, 15) is 22.8 Å². The number of rotatable bonds is 4. The minimum absolute atomic E-state index is 0.0644. The first-order valence-corrected chi connectivity index (χ1v) is 5.43. The number of carboxylic acids is 1. The lowest BCUT2D eigenvalue weighted by atomic mass is 10.2. The monoisotopic (exact) mass is 310 g/mol. The average molecular weight is 310 g/mol. The molecular formula is C11H13F3N2O5. The summed E-state index contributed by atoms with van der Waals surface area (Å²) < 4.78 is 37.2. The van der Waals surface area contributed by atoms with Gasteiger partial charge in [0.1, 0.15) is 6.54 Å². The minimum atomic E-state index is -4.64. The number of hydrogen-bond acceptors (Lipinski definition) is 5. The van der Waals surface area contributed by atoms with Crippen LogP contribution in [0.25, 0.3) is 0 Å². The van der Waals surface area contributed by atoms with Gasteiger partial charge < -0.3 is 14.4 Å². The predicted octanol–water partition coefficient (Wildman–Crippen LogP) is 0.739. The van der Waals surface area contributed by atoms with Crippen molar-refractivity contribution in [2.75, 3.05) is 7.11 Å². The van der Waals surface area contributed by atoms with Crippen LogP contribution in [0.3, 0.4) is 0 Å². The second-order valence-corrected chi connectivity index (χ2v) is 3.71. The quantitative estimate of drug-likeness (QED) is 0.650. The molecule has 0 spiro atoms. The number of carbonyl (C=O) groups excluding carboxylic acids is 2. The van der Waals surface area contributed by atoms with E-state index in [2.05, 4.69) is 9.72 Å². The minimum Gasteiger partial charge on any atom is -0.480 e. The maximum absolute atomic E-state index is 11.0. The van der Waals surface area contributed by atoms with E-state index in [-0.39, 0.29) is 13.0 Å². The molecule has 0 fully saturated rings. The summed E-state index contributed by atoms with van der Waals surface area (Å²) in [5.41, 5.74) is 1.21. The van der Waals surface area contributed by atoms with Gasteiger partial charge in [0.2, 0.25) is 6.29 Å². The second kappa shape index (κ2) is 8.02. The molecule has 0 saturated heterocycles. The highest BCUT2D eigenvalue weighted by molar-refractivity contribution is 5.72. The number of aromatic nitrogens is 2. The zero-order chi connectivity index (χ0) is 16.6. The van der Waals surface area contributed by atoms with Crippen LogP contribution in [0.4, 0.5) is 13.2 Å². The van der Waals surface area contributed by atoms with E-state index in [0.29, 0.717) is 11.4 Å². The summed E-state index contributed by atoms with van der Waals surface area (Å²) in [6.45, 7) is 1.56. The zero-order valence-electron chi connectivity index (χ0n) is 11.2. The zero-order valence-corrected chi connectivity index (χ0v) is 11.2. The number of ether oxygens (including phenoxy) is 1. The normalized spacial score (nSPS) is 10.3. The molecular weight excluding hydrogens is 297 g/mol. The Morgan fingerprint density at radius 1 is 1.48 bits per heavy atom. The van der Waals surface area contributed by atoms with Gasteiger partial charge in [-0.2, -0.15) is 13.2 Å². The number of halogens is 3. The predicted molar refractivity (Wildman–Crippen MR) is 62.4 cm³/mol. The van der Waals surface area contributed by atoms with E-state index in [4.69, 9.17) is 9.90 Å². The first-order valence-electron chi connectivity index (χ1n) is 5.43. The SMILES string of the molecule is COC(=O)Cc1ncn(CC(=O)O)c1C.O=CC(F)(F)F. The molecule has 0 atom stereocenters. The van der Waals surface area contributed by atoms with Crippen molar-refractivity contribution in [1.29, 1.82) is 0 Å². The van der Waals surface area contributed by atoms with Gasteiger partial charge in [-0.05, 0) is 6.92 Å². The largest absolute Gasteiger partial charge is 0.480 e. The second-order valence-electron chi connectivity index (χ2n) is 3.71. The van der Waals surface area contributed by atoms with Crippen LogP contribution in [-0.4, -0.2) is 46.2 Å². The Labute approximate surface area is 117 Å². The molecule has 0 saturated carbocycles. The van der Waals surface area contributed by atoms with Crippen LogP contribution in [0.15, 0.2) is 6.33 Å². The van der Waals surface area contributed by atoms with Crippen molar-refractivity contribution < 1.29 is 37.4 Å². The fraction of sp³-hybridized carbons (Fsp3) is 0.455. The lowest BCUT2D eigenvalue weighted by Gasteiger charge is -2.01. The Hall–Kier alpha value is -2.39. The van der Waals surface area contributed by atoms with E-state index in [1.54, 1.807) is 6.92 Å². The van der Waals surface area contributed by atoms with Crippen LogP contribution in [0, 0.1) is 6.92 Å². The van der Waals surface area contributed by atoms with E-state index in [1.807, 2.05) is 0 Å². The maximum atomic E-state index is 11.0. The number of esters is 1. The number of alkyl halides is 3. The van der Waals surface area contributed by atoms with Crippen molar-refractivity contribution in [3.8, 4) is 0 Å². The number of imidazole rings is 1. The number of methoxy groups -OCH3 is 1. The lowest BCUT2D eigenvalue weighted by molar-refractivity contribution is -0.156. The first kappa shape index (κ1) is 18.6. The molecule has 10 heteroatoms. The van der Waals surface area contributed by atoms with Gasteiger partial charge in [0.15, 0.2) is 0 Å². The van der Waals surface area contributed by atoms with Gasteiger partial charge in [0.05, 0.1) is 25.6 Å². The van der Waals surface area contributed by atoms with Crippen molar-refractivity contribution in [2.24, 2.45) is 0 Å². The van der Waals surface area contributed by atoms with Gasteiger partial charge in [-0.25, -0.2) is 4.98 Å². The Bertz CT molecular complexity index is 510. The molecule has 1 aromatic rings. The lowest BCUT2D eigenvalue weighted by Crippen LogP contribution is -2.10. The molecule has 0 aliphatic carbocycles. The van der Waals surface area contributed by atoms with Gasteiger partial charge >= 0.3 is 18.1 Å². The van der Waals surface area contributed by atoms with Crippen molar-refractivity contribution in [2.45, 2.75) is 26.1 Å². The molecule has 7 nitrogen and oxygen atoms in total. The van der Waals surface area contributed by atoms with Crippen LogP contribution in [0.5, 0.6) is 0 Å². The molecule has 1 rings (SSSR count). The molecule has 21 heavy (non-hydrogen) atoms. The standard InChI is InChI=1S/C9H12N2O4.C2HF3O/c1-6-7(3-9(14)15-2)10-5-11(6)4-8(12)13;3-2(4,5)1-6/h5H,3-4H2,1-2H3,(H,12,13);1H. The van der Waals surface area contributed by atoms with Gasteiger partial charge in [-0.1, -0.05) is 0 Å². The molecule has 0 aliphatic heterocycles. The van der Waals surface area contributed by atoms with E-state index in [0.717, 1.165) is 0 Å². The van der Waals surface area contributed by atoms with E-state index >= 15 is 0 Å². The summed E-state index contributed by atoms with van der Waals surface area (Å²) in [6, 6.07) is 0. The van der Waals surface area contributed by atoms with Gasteiger partial charge in [-0.15, -0.1) is 0 Å². The van der Waals surface area contributed by atoms with Crippen molar-refractivity contribution in [1.82, 2.24) is 9.55 Å². The Balaban J connectivity index is 0.000000567. The summed E-state index contributed by atoms with van der Waals surface area (Å²) in [5.74, 6) is -1.33. The van der Waals surface area contributed by atoms with E-state index < -0.39 is 24.4 Å². The molecule has 0 amide bonds. The first-order chi connectivity index (χ1) is 9.60. The number of aldehydes is 1. The summed E-state index contributed by atoms with van der Waals surface area (Å²) in [4.78, 5) is 34.1. The third-order valence-electron chi connectivity index (χ3n) is 2.18. The Morgan fingerprint density at radius 2 is 2.00 bits per heavy atom. The molecule has 0 aliphatic rings.